The lowest BCUT2D eigenvalue weighted by Gasteiger charge is -2.17. The molecule has 1 unspecified atom stereocenters. The first-order valence-electron chi connectivity index (χ1n) is 4.78. The molecule has 1 aromatic carbocycles. The Morgan fingerprint density at radius 3 is 2.80 bits per heavy atom. The summed E-state index contributed by atoms with van der Waals surface area (Å²) < 4.78 is 1.10. The second kappa shape index (κ2) is 4.29. The molecule has 80 valence electrons. The molecule has 15 heavy (non-hydrogen) atoms. The zero-order chi connectivity index (χ0) is 11.0. The van der Waals surface area contributed by atoms with Crippen molar-refractivity contribution in [3.8, 4) is 0 Å². The van der Waals surface area contributed by atoms with Crippen LogP contribution in [0.4, 0.5) is 5.69 Å². The maximum absolute atomic E-state index is 11.7. The fourth-order valence-electron chi connectivity index (χ4n) is 1.73. The van der Waals surface area contributed by atoms with E-state index >= 15 is 0 Å². The number of carbonyl (C=O) groups excluding carboxylic acids is 1. The average Bonchev–Trinajstić information content (AvgIpc) is 2.45. The van der Waals surface area contributed by atoms with Crippen molar-refractivity contribution in [2.45, 2.75) is 18.7 Å². The van der Waals surface area contributed by atoms with E-state index in [0.717, 1.165) is 9.26 Å². The largest absolute Gasteiger partial charge is 0.310 e. The molecule has 1 saturated heterocycles. The molecule has 0 bridgehead atoms. The van der Waals surface area contributed by atoms with Gasteiger partial charge in [-0.2, -0.15) is 0 Å². The minimum atomic E-state index is -0.0467. The maximum atomic E-state index is 11.7. The highest BCUT2D eigenvalue weighted by Gasteiger charge is 2.29. The predicted molar refractivity (Wildman–Crippen MR) is 70.5 cm³/mol. The van der Waals surface area contributed by atoms with E-state index in [1.54, 1.807) is 4.90 Å². The van der Waals surface area contributed by atoms with Gasteiger partial charge in [-0.05, 0) is 47.2 Å². The first-order valence-corrected chi connectivity index (χ1v) is 6.30. The number of hydrogen-bond donors (Lipinski definition) is 0. The molecule has 1 fully saturated rings. The minimum Gasteiger partial charge on any atom is -0.310 e. The van der Waals surface area contributed by atoms with Gasteiger partial charge in [0.2, 0.25) is 5.91 Å². The maximum Gasteiger partial charge on any atom is 0.228 e. The third-order valence-corrected chi connectivity index (χ3v) is 3.63. The predicted octanol–water partition coefficient (Wildman–Crippen LogP) is 2.94. The molecule has 1 heterocycles. The molecule has 0 spiro atoms. The van der Waals surface area contributed by atoms with Crippen molar-refractivity contribution < 1.29 is 4.79 Å². The first kappa shape index (κ1) is 11.2. The number of alkyl halides is 1. The van der Waals surface area contributed by atoms with E-state index in [4.69, 9.17) is 11.6 Å². The van der Waals surface area contributed by atoms with Gasteiger partial charge in [0.05, 0.1) is 11.1 Å². The van der Waals surface area contributed by atoms with Crippen LogP contribution in [0.25, 0.3) is 0 Å². The molecule has 1 aliphatic rings. The third-order valence-electron chi connectivity index (χ3n) is 2.47. The van der Waals surface area contributed by atoms with Crippen LogP contribution < -0.4 is 4.90 Å². The number of halogens is 2. The van der Waals surface area contributed by atoms with E-state index in [-0.39, 0.29) is 11.3 Å². The lowest BCUT2D eigenvalue weighted by Crippen LogP contribution is -2.25. The average molecular weight is 336 g/mol. The van der Waals surface area contributed by atoms with Gasteiger partial charge in [-0.3, -0.25) is 4.79 Å². The normalized spacial score (nSPS) is 21.1. The second-order valence-corrected chi connectivity index (χ2v) is 5.54. The van der Waals surface area contributed by atoms with Gasteiger partial charge in [-0.25, -0.2) is 0 Å². The highest BCUT2D eigenvalue weighted by atomic mass is 127. The summed E-state index contributed by atoms with van der Waals surface area (Å²) in [7, 11) is 0. The molecule has 0 radical (unpaired) electrons. The van der Waals surface area contributed by atoms with Crippen LogP contribution in [0, 0.1) is 10.5 Å². The number of rotatable bonds is 1. The fourth-order valence-corrected chi connectivity index (χ4v) is 2.96. The number of benzene rings is 1. The Morgan fingerprint density at radius 1 is 1.53 bits per heavy atom. The smallest absolute Gasteiger partial charge is 0.228 e. The van der Waals surface area contributed by atoms with Gasteiger partial charge in [-0.15, -0.1) is 11.6 Å². The van der Waals surface area contributed by atoms with E-state index in [0.29, 0.717) is 13.0 Å². The Balaban J connectivity index is 2.34. The molecule has 0 N–H and O–H groups in total. The monoisotopic (exact) mass is 335 g/mol. The fraction of sp³-hybridized carbons (Fsp3) is 0.364. The Hall–Kier alpha value is -0.290. The van der Waals surface area contributed by atoms with Gasteiger partial charge in [0.1, 0.15) is 0 Å². The van der Waals surface area contributed by atoms with Crippen LogP contribution in [0.1, 0.15) is 12.0 Å². The summed E-state index contributed by atoms with van der Waals surface area (Å²) in [5.74, 6) is 0.122. The summed E-state index contributed by atoms with van der Waals surface area (Å²) in [6, 6.07) is 6.08. The molecule has 4 heteroatoms. The van der Waals surface area contributed by atoms with Crippen molar-refractivity contribution in [1.29, 1.82) is 0 Å². The Morgan fingerprint density at radius 2 is 2.27 bits per heavy atom. The third kappa shape index (κ3) is 2.28. The van der Waals surface area contributed by atoms with Gasteiger partial charge >= 0.3 is 0 Å². The number of nitrogens with zero attached hydrogens (tertiary/aromatic N) is 1. The number of hydrogen-bond acceptors (Lipinski definition) is 1. The molecule has 1 amide bonds. The van der Waals surface area contributed by atoms with Crippen molar-refractivity contribution >= 4 is 45.8 Å². The number of aryl methyl sites for hydroxylation is 1. The number of carbonyl (C=O) groups is 1. The van der Waals surface area contributed by atoms with Gasteiger partial charge in [0.15, 0.2) is 0 Å². The van der Waals surface area contributed by atoms with Gasteiger partial charge in [0.25, 0.3) is 0 Å². The topological polar surface area (TPSA) is 20.3 Å². The van der Waals surface area contributed by atoms with Crippen LogP contribution in [-0.2, 0) is 4.79 Å². The minimum absolute atomic E-state index is 0.0467. The van der Waals surface area contributed by atoms with Crippen LogP contribution in [0.15, 0.2) is 18.2 Å². The zero-order valence-corrected chi connectivity index (χ0v) is 11.2. The van der Waals surface area contributed by atoms with Crippen LogP contribution >= 0.6 is 34.2 Å². The van der Waals surface area contributed by atoms with Gasteiger partial charge in [-0.1, -0.05) is 6.07 Å². The van der Waals surface area contributed by atoms with Crippen molar-refractivity contribution in [2.75, 3.05) is 11.4 Å². The van der Waals surface area contributed by atoms with Crippen molar-refractivity contribution in [1.82, 2.24) is 0 Å². The lowest BCUT2D eigenvalue weighted by molar-refractivity contribution is -0.117. The van der Waals surface area contributed by atoms with Crippen molar-refractivity contribution in [2.24, 2.45) is 0 Å². The molecular weight excluding hydrogens is 324 g/mol. The molecular formula is C11H11ClINO. The molecule has 1 atom stereocenters. The second-order valence-electron chi connectivity index (χ2n) is 3.76. The molecule has 1 aliphatic heterocycles. The first-order chi connectivity index (χ1) is 7.08. The Kier molecular flexibility index (Phi) is 3.21. The van der Waals surface area contributed by atoms with E-state index in [2.05, 4.69) is 28.7 Å². The molecule has 1 aromatic rings. The summed E-state index contributed by atoms with van der Waals surface area (Å²) in [4.78, 5) is 13.4. The summed E-state index contributed by atoms with van der Waals surface area (Å²) in [6.07, 6.45) is 0.450. The van der Waals surface area contributed by atoms with Crippen LogP contribution in [0.5, 0.6) is 0 Å². The van der Waals surface area contributed by atoms with E-state index in [1.807, 2.05) is 19.1 Å². The highest BCUT2D eigenvalue weighted by Crippen LogP contribution is 2.29. The summed E-state index contributed by atoms with van der Waals surface area (Å²) in [5.41, 5.74) is 2.19. The molecule has 0 aliphatic carbocycles. The highest BCUT2D eigenvalue weighted by molar-refractivity contribution is 14.1. The van der Waals surface area contributed by atoms with E-state index < -0.39 is 0 Å². The number of amides is 1. The van der Waals surface area contributed by atoms with Crippen molar-refractivity contribution in [3.05, 3.63) is 27.3 Å². The summed E-state index contributed by atoms with van der Waals surface area (Å²) in [6.45, 7) is 2.67. The number of anilines is 1. The molecule has 2 rings (SSSR count). The van der Waals surface area contributed by atoms with E-state index in [1.165, 1.54) is 5.56 Å². The van der Waals surface area contributed by atoms with Gasteiger partial charge < -0.3 is 4.90 Å². The van der Waals surface area contributed by atoms with Crippen LogP contribution in [0.3, 0.4) is 0 Å². The summed E-state index contributed by atoms with van der Waals surface area (Å²) in [5, 5.41) is -0.0467. The Labute approximate surface area is 108 Å². The van der Waals surface area contributed by atoms with E-state index in [9.17, 15) is 4.79 Å². The SMILES string of the molecule is Cc1ccc(N2CC(Cl)CC2=O)c(I)c1. The van der Waals surface area contributed by atoms with Crippen LogP contribution in [-0.4, -0.2) is 17.8 Å². The van der Waals surface area contributed by atoms with Gasteiger partial charge in [0, 0.05) is 16.5 Å². The Bertz CT molecular complexity index is 408. The lowest BCUT2D eigenvalue weighted by atomic mass is 10.2. The quantitative estimate of drug-likeness (QED) is 0.571. The molecule has 2 nitrogen and oxygen atoms in total. The zero-order valence-electron chi connectivity index (χ0n) is 8.34. The van der Waals surface area contributed by atoms with Crippen LogP contribution in [0.2, 0.25) is 0 Å². The molecule has 0 saturated carbocycles. The van der Waals surface area contributed by atoms with Crippen molar-refractivity contribution in [3.63, 3.8) is 0 Å². The standard InChI is InChI=1S/C11H11ClINO/c1-7-2-3-10(9(13)4-7)14-6-8(12)5-11(14)15/h2-4,8H,5-6H2,1H3. The summed E-state index contributed by atoms with van der Waals surface area (Å²) >= 11 is 8.23. The molecule has 0 aromatic heterocycles.